The summed E-state index contributed by atoms with van der Waals surface area (Å²) in [5.74, 6) is -0.385. The molecule has 1 heterocycles. The molecule has 2 rings (SSSR count). The topological polar surface area (TPSA) is 35.2 Å². The molecule has 1 aromatic rings. The molecule has 0 bridgehead atoms. The Labute approximate surface area is 112 Å². The first-order chi connectivity index (χ1) is 8.68. The standard InChI is InChI=1S/C14H19ClFNO/c15-12-7-2-6-11(14(12)16)13(17)8-1-4-10-5-3-9-18-10/h2,6-7,10,13H,1,3-5,8-9,17H2. The molecule has 100 valence electrons. The largest absolute Gasteiger partial charge is 0.378 e. The fourth-order valence-electron chi connectivity index (χ4n) is 2.40. The van der Waals surface area contributed by atoms with Crippen molar-refractivity contribution in [3.63, 3.8) is 0 Å². The molecule has 0 spiro atoms. The van der Waals surface area contributed by atoms with Gasteiger partial charge in [0.05, 0.1) is 11.1 Å². The number of hydrogen-bond acceptors (Lipinski definition) is 2. The zero-order valence-electron chi connectivity index (χ0n) is 10.4. The molecule has 4 heteroatoms. The summed E-state index contributed by atoms with van der Waals surface area (Å²) in [6.45, 7) is 0.875. The predicted molar refractivity (Wildman–Crippen MR) is 71.2 cm³/mol. The summed E-state index contributed by atoms with van der Waals surface area (Å²) in [6, 6.07) is 4.70. The minimum Gasteiger partial charge on any atom is -0.378 e. The van der Waals surface area contributed by atoms with Gasteiger partial charge in [-0.15, -0.1) is 0 Å². The van der Waals surface area contributed by atoms with E-state index in [0.717, 1.165) is 38.7 Å². The van der Waals surface area contributed by atoms with Crippen LogP contribution in [-0.4, -0.2) is 12.7 Å². The van der Waals surface area contributed by atoms with E-state index in [1.54, 1.807) is 18.2 Å². The van der Waals surface area contributed by atoms with Gasteiger partial charge in [-0.1, -0.05) is 23.7 Å². The summed E-state index contributed by atoms with van der Waals surface area (Å²) < 4.78 is 19.3. The maximum atomic E-state index is 13.7. The summed E-state index contributed by atoms with van der Waals surface area (Å²) >= 11 is 5.74. The quantitative estimate of drug-likeness (QED) is 0.883. The third-order valence-corrected chi connectivity index (χ3v) is 3.74. The highest BCUT2D eigenvalue weighted by Crippen LogP contribution is 2.26. The molecule has 0 radical (unpaired) electrons. The third-order valence-electron chi connectivity index (χ3n) is 3.45. The molecule has 1 aromatic carbocycles. The van der Waals surface area contributed by atoms with Crippen LogP contribution in [0, 0.1) is 5.82 Å². The van der Waals surface area contributed by atoms with Crippen molar-refractivity contribution in [1.82, 2.24) is 0 Å². The van der Waals surface area contributed by atoms with E-state index < -0.39 is 0 Å². The van der Waals surface area contributed by atoms with E-state index in [1.807, 2.05) is 0 Å². The van der Waals surface area contributed by atoms with Crippen molar-refractivity contribution in [3.05, 3.63) is 34.6 Å². The van der Waals surface area contributed by atoms with Gasteiger partial charge in [-0.25, -0.2) is 4.39 Å². The lowest BCUT2D eigenvalue weighted by atomic mass is 9.99. The van der Waals surface area contributed by atoms with Crippen molar-refractivity contribution in [3.8, 4) is 0 Å². The maximum Gasteiger partial charge on any atom is 0.146 e. The summed E-state index contributed by atoms with van der Waals surface area (Å²) in [4.78, 5) is 0. The molecule has 0 aromatic heterocycles. The molecule has 1 aliphatic heterocycles. The van der Waals surface area contributed by atoms with Crippen molar-refractivity contribution in [1.29, 1.82) is 0 Å². The summed E-state index contributed by atoms with van der Waals surface area (Å²) in [6.07, 6.45) is 5.40. The molecule has 2 N–H and O–H groups in total. The van der Waals surface area contributed by atoms with E-state index in [1.165, 1.54) is 0 Å². The minimum absolute atomic E-state index is 0.141. The van der Waals surface area contributed by atoms with Crippen LogP contribution < -0.4 is 5.73 Å². The number of rotatable bonds is 5. The SMILES string of the molecule is NC(CCCC1CCCO1)c1cccc(Cl)c1F. The van der Waals surface area contributed by atoms with Gasteiger partial charge in [0.25, 0.3) is 0 Å². The smallest absolute Gasteiger partial charge is 0.146 e. The Bertz CT molecular complexity index is 393. The summed E-state index contributed by atoms with van der Waals surface area (Å²) in [5.41, 5.74) is 6.52. The molecular formula is C14H19ClFNO. The van der Waals surface area contributed by atoms with E-state index in [-0.39, 0.29) is 16.9 Å². The second-order valence-electron chi connectivity index (χ2n) is 4.82. The second kappa shape index (κ2) is 6.50. The van der Waals surface area contributed by atoms with Gasteiger partial charge in [-0.05, 0) is 38.2 Å². The van der Waals surface area contributed by atoms with Crippen LogP contribution in [0.15, 0.2) is 18.2 Å². The summed E-state index contributed by atoms with van der Waals surface area (Å²) in [7, 11) is 0. The maximum absolute atomic E-state index is 13.7. The van der Waals surface area contributed by atoms with Crippen molar-refractivity contribution in [2.24, 2.45) is 5.73 Å². The average Bonchev–Trinajstić information content (AvgIpc) is 2.85. The molecule has 0 saturated carbocycles. The zero-order valence-corrected chi connectivity index (χ0v) is 11.1. The summed E-state index contributed by atoms with van der Waals surface area (Å²) in [5, 5.41) is 0.141. The first-order valence-electron chi connectivity index (χ1n) is 6.49. The number of nitrogens with two attached hydrogens (primary N) is 1. The van der Waals surface area contributed by atoms with Gasteiger partial charge in [0.2, 0.25) is 0 Å². The van der Waals surface area contributed by atoms with Crippen LogP contribution in [0.4, 0.5) is 4.39 Å². The van der Waals surface area contributed by atoms with Crippen LogP contribution in [0.5, 0.6) is 0 Å². The molecule has 2 atom stereocenters. The highest BCUT2D eigenvalue weighted by Gasteiger charge is 2.17. The lowest BCUT2D eigenvalue weighted by Gasteiger charge is -2.15. The van der Waals surface area contributed by atoms with Gasteiger partial charge >= 0.3 is 0 Å². The van der Waals surface area contributed by atoms with Gasteiger partial charge < -0.3 is 10.5 Å². The van der Waals surface area contributed by atoms with Crippen LogP contribution in [-0.2, 0) is 4.74 Å². The highest BCUT2D eigenvalue weighted by atomic mass is 35.5. The Morgan fingerprint density at radius 2 is 2.33 bits per heavy atom. The van der Waals surface area contributed by atoms with Crippen LogP contribution in [0.25, 0.3) is 0 Å². The van der Waals surface area contributed by atoms with Crippen molar-refractivity contribution in [2.75, 3.05) is 6.61 Å². The van der Waals surface area contributed by atoms with E-state index in [0.29, 0.717) is 11.7 Å². The minimum atomic E-state index is -0.385. The van der Waals surface area contributed by atoms with Gasteiger partial charge in [0.1, 0.15) is 5.82 Å². The molecule has 1 aliphatic rings. The number of halogens is 2. The van der Waals surface area contributed by atoms with E-state index in [2.05, 4.69) is 0 Å². The van der Waals surface area contributed by atoms with E-state index >= 15 is 0 Å². The monoisotopic (exact) mass is 271 g/mol. The van der Waals surface area contributed by atoms with Gasteiger partial charge in [0, 0.05) is 18.2 Å². The molecule has 0 amide bonds. The van der Waals surface area contributed by atoms with Crippen molar-refractivity contribution >= 4 is 11.6 Å². The Morgan fingerprint density at radius 1 is 1.50 bits per heavy atom. The van der Waals surface area contributed by atoms with Crippen LogP contribution >= 0.6 is 11.6 Å². The lowest BCUT2D eigenvalue weighted by molar-refractivity contribution is 0.101. The van der Waals surface area contributed by atoms with Crippen LogP contribution in [0.2, 0.25) is 5.02 Å². The first kappa shape index (κ1) is 13.8. The molecule has 18 heavy (non-hydrogen) atoms. The first-order valence-corrected chi connectivity index (χ1v) is 6.87. The Kier molecular flexibility index (Phi) is 4.98. The fourth-order valence-corrected chi connectivity index (χ4v) is 2.58. The third kappa shape index (κ3) is 3.44. The molecule has 2 nitrogen and oxygen atoms in total. The average molecular weight is 272 g/mol. The zero-order chi connectivity index (χ0) is 13.0. The Morgan fingerprint density at radius 3 is 3.06 bits per heavy atom. The Hall–Kier alpha value is -0.640. The van der Waals surface area contributed by atoms with E-state index in [4.69, 9.17) is 22.1 Å². The number of hydrogen-bond donors (Lipinski definition) is 1. The van der Waals surface area contributed by atoms with Gasteiger partial charge in [-0.2, -0.15) is 0 Å². The predicted octanol–water partition coefficient (Wildman–Crippen LogP) is 3.83. The Balaban J connectivity index is 1.83. The number of benzene rings is 1. The fraction of sp³-hybridized carbons (Fsp3) is 0.571. The number of ether oxygens (including phenoxy) is 1. The molecule has 0 aliphatic carbocycles. The molecular weight excluding hydrogens is 253 g/mol. The van der Waals surface area contributed by atoms with E-state index in [9.17, 15) is 4.39 Å². The van der Waals surface area contributed by atoms with Crippen molar-refractivity contribution < 1.29 is 9.13 Å². The normalized spacial score (nSPS) is 21.2. The molecule has 1 saturated heterocycles. The molecule has 1 fully saturated rings. The molecule has 2 unspecified atom stereocenters. The van der Waals surface area contributed by atoms with Crippen LogP contribution in [0.1, 0.15) is 43.7 Å². The lowest BCUT2D eigenvalue weighted by Crippen LogP contribution is -2.13. The van der Waals surface area contributed by atoms with Crippen molar-refractivity contribution in [2.45, 2.75) is 44.2 Å². The van der Waals surface area contributed by atoms with Gasteiger partial charge in [0.15, 0.2) is 0 Å². The highest BCUT2D eigenvalue weighted by molar-refractivity contribution is 6.30. The van der Waals surface area contributed by atoms with Gasteiger partial charge in [-0.3, -0.25) is 0 Å². The second-order valence-corrected chi connectivity index (χ2v) is 5.22. The van der Waals surface area contributed by atoms with Crippen LogP contribution in [0.3, 0.4) is 0 Å².